The van der Waals surface area contributed by atoms with Crippen molar-refractivity contribution in [3.05, 3.63) is 48.3 Å². The lowest BCUT2D eigenvalue weighted by atomic mass is 9.97. The van der Waals surface area contributed by atoms with Crippen LogP contribution in [0.25, 0.3) is 22.2 Å². The molecule has 0 N–H and O–H groups in total. The van der Waals surface area contributed by atoms with E-state index in [0.717, 1.165) is 10.9 Å². The molecule has 0 fully saturated rings. The van der Waals surface area contributed by atoms with Crippen molar-refractivity contribution >= 4 is 16.9 Å². The van der Waals surface area contributed by atoms with Gasteiger partial charge in [0.2, 0.25) is 0 Å². The van der Waals surface area contributed by atoms with Gasteiger partial charge in [0, 0.05) is 17.0 Å². The van der Waals surface area contributed by atoms with Crippen LogP contribution in [-0.4, -0.2) is 11.1 Å². The Morgan fingerprint density at radius 2 is 1.83 bits per heavy atom. The van der Waals surface area contributed by atoms with Gasteiger partial charge in [0.25, 0.3) is 0 Å². The number of halogens is 1. The molecule has 23 heavy (non-hydrogen) atoms. The monoisotopic (exact) mass is 313 g/mol. The van der Waals surface area contributed by atoms with Gasteiger partial charge in [-0.1, -0.05) is 5.16 Å². The van der Waals surface area contributed by atoms with E-state index in [0.29, 0.717) is 17.0 Å². The van der Waals surface area contributed by atoms with Crippen LogP contribution in [0.3, 0.4) is 0 Å². The van der Waals surface area contributed by atoms with Crippen molar-refractivity contribution < 1.29 is 18.4 Å². The lowest BCUT2D eigenvalue weighted by Gasteiger charge is -2.16. The molecule has 4 nitrogen and oxygen atoms in total. The van der Waals surface area contributed by atoms with Gasteiger partial charge < -0.3 is 9.26 Å². The lowest BCUT2D eigenvalue weighted by Crippen LogP contribution is -2.25. The fourth-order valence-electron chi connectivity index (χ4n) is 2.06. The summed E-state index contributed by atoms with van der Waals surface area (Å²) >= 11 is 0. The van der Waals surface area contributed by atoms with E-state index in [9.17, 15) is 9.18 Å². The number of nitrogens with zero attached hydrogens (tertiary/aromatic N) is 1. The number of esters is 1. The summed E-state index contributed by atoms with van der Waals surface area (Å²) < 4.78 is 23.7. The third-order valence-electron chi connectivity index (χ3n) is 3.38. The molecule has 0 aliphatic heterocycles. The number of rotatable bonds is 2. The molecule has 0 aliphatic rings. The number of carbonyl (C=O) groups is 1. The highest BCUT2D eigenvalue weighted by Gasteiger charge is 2.24. The first-order valence-electron chi connectivity index (χ1n) is 7.22. The second kappa shape index (κ2) is 5.50. The highest BCUT2D eigenvalue weighted by atomic mass is 19.1. The van der Waals surface area contributed by atoms with Gasteiger partial charge in [-0.3, -0.25) is 4.79 Å². The molecule has 5 heteroatoms. The molecule has 0 saturated heterocycles. The Balaban J connectivity index is 1.94. The third kappa shape index (κ3) is 3.08. The standard InChI is InChI=1S/C18H16FNO3/c1-18(2,3)17(21)22-13-8-9-14-15(10-13)23-20-16(14)11-4-6-12(19)7-5-11/h4-10H,1-3H3. The Labute approximate surface area is 132 Å². The summed E-state index contributed by atoms with van der Waals surface area (Å²) in [6.07, 6.45) is 0. The summed E-state index contributed by atoms with van der Waals surface area (Å²) in [5, 5.41) is 4.80. The van der Waals surface area contributed by atoms with E-state index in [1.165, 1.54) is 12.1 Å². The number of carbonyl (C=O) groups excluding carboxylic acids is 1. The summed E-state index contributed by atoms with van der Waals surface area (Å²) in [4.78, 5) is 11.9. The summed E-state index contributed by atoms with van der Waals surface area (Å²) in [7, 11) is 0. The Kier molecular flexibility index (Phi) is 3.64. The van der Waals surface area contributed by atoms with Crippen molar-refractivity contribution in [2.75, 3.05) is 0 Å². The third-order valence-corrected chi connectivity index (χ3v) is 3.38. The highest BCUT2D eigenvalue weighted by Crippen LogP contribution is 2.31. The molecule has 1 aromatic heterocycles. The van der Waals surface area contributed by atoms with Crippen LogP contribution >= 0.6 is 0 Å². The lowest BCUT2D eigenvalue weighted by molar-refractivity contribution is -0.142. The minimum absolute atomic E-state index is 0.307. The number of ether oxygens (including phenoxy) is 1. The van der Waals surface area contributed by atoms with Crippen molar-refractivity contribution in [3.63, 3.8) is 0 Å². The molecule has 3 rings (SSSR count). The van der Waals surface area contributed by atoms with E-state index in [1.54, 1.807) is 51.1 Å². The fourth-order valence-corrected chi connectivity index (χ4v) is 2.06. The molecule has 0 bridgehead atoms. The van der Waals surface area contributed by atoms with Crippen LogP contribution in [0.5, 0.6) is 5.75 Å². The zero-order valence-corrected chi connectivity index (χ0v) is 13.1. The van der Waals surface area contributed by atoms with Crippen molar-refractivity contribution in [2.24, 2.45) is 5.41 Å². The van der Waals surface area contributed by atoms with Gasteiger partial charge in [0.15, 0.2) is 5.58 Å². The molecule has 2 aromatic carbocycles. The first-order chi connectivity index (χ1) is 10.8. The van der Waals surface area contributed by atoms with Gasteiger partial charge in [-0.2, -0.15) is 0 Å². The summed E-state index contributed by atoms with van der Waals surface area (Å²) in [5.74, 6) is -0.229. The SMILES string of the molecule is CC(C)(C)C(=O)Oc1ccc2c(-c3ccc(F)cc3)noc2c1. The molecule has 0 amide bonds. The predicted molar refractivity (Wildman–Crippen MR) is 84.5 cm³/mol. The zero-order valence-electron chi connectivity index (χ0n) is 13.1. The first kappa shape index (κ1) is 15.2. The molecule has 0 radical (unpaired) electrons. The summed E-state index contributed by atoms with van der Waals surface area (Å²) in [5.41, 5.74) is 1.29. The highest BCUT2D eigenvalue weighted by molar-refractivity contribution is 5.92. The van der Waals surface area contributed by atoms with Crippen molar-refractivity contribution in [1.29, 1.82) is 0 Å². The van der Waals surface area contributed by atoms with Crippen LogP contribution in [0.1, 0.15) is 20.8 Å². The topological polar surface area (TPSA) is 52.3 Å². The Morgan fingerprint density at radius 1 is 1.13 bits per heavy atom. The molecule has 0 spiro atoms. The quantitative estimate of drug-likeness (QED) is 0.513. The van der Waals surface area contributed by atoms with Crippen LogP contribution in [-0.2, 0) is 4.79 Å². The van der Waals surface area contributed by atoms with Gasteiger partial charge in [0.05, 0.1) is 5.41 Å². The molecule has 0 saturated carbocycles. The smallest absolute Gasteiger partial charge is 0.316 e. The molecule has 1 heterocycles. The first-order valence-corrected chi connectivity index (χ1v) is 7.22. The Hall–Kier alpha value is -2.69. The maximum atomic E-state index is 13.0. The molecular formula is C18H16FNO3. The minimum Gasteiger partial charge on any atom is -0.426 e. The average molecular weight is 313 g/mol. The number of benzene rings is 2. The average Bonchev–Trinajstić information content (AvgIpc) is 2.90. The Morgan fingerprint density at radius 3 is 2.48 bits per heavy atom. The van der Waals surface area contributed by atoms with Crippen LogP contribution in [0.4, 0.5) is 4.39 Å². The molecule has 3 aromatic rings. The van der Waals surface area contributed by atoms with Crippen molar-refractivity contribution in [1.82, 2.24) is 5.16 Å². The van der Waals surface area contributed by atoms with E-state index in [2.05, 4.69) is 5.16 Å². The summed E-state index contributed by atoms with van der Waals surface area (Å²) in [6.45, 7) is 5.36. The minimum atomic E-state index is -0.588. The van der Waals surface area contributed by atoms with Gasteiger partial charge in [-0.15, -0.1) is 0 Å². The predicted octanol–water partition coefficient (Wildman–Crippen LogP) is 4.59. The van der Waals surface area contributed by atoms with E-state index >= 15 is 0 Å². The second-order valence-electron chi connectivity index (χ2n) is 6.34. The fraction of sp³-hybridized carbons (Fsp3) is 0.222. The van der Waals surface area contributed by atoms with Crippen molar-refractivity contribution in [2.45, 2.75) is 20.8 Å². The molecular weight excluding hydrogens is 297 g/mol. The molecule has 0 unspecified atom stereocenters. The zero-order chi connectivity index (χ0) is 16.6. The van der Waals surface area contributed by atoms with Crippen molar-refractivity contribution in [3.8, 4) is 17.0 Å². The molecule has 118 valence electrons. The summed E-state index contributed by atoms with van der Waals surface area (Å²) in [6, 6.07) is 11.1. The van der Waals surface area contributed by atoms with E-state index in [4.69, 9.17) is 9.26 Å². The van der Waals surface area contributed by atoms with Gasteiger partial charge >= 0.3 is 5.97 Å². The van der Waals surface area contributed by atoms with Crippen LogP contribution in [0, 0.1) is 11.2 Å². The normalized spacial score (nSPS) is 11.7. The van der Waals surface area contributed by atoms with Gasteiger partial charge in [-0.25, -0.2) is 4.39 Å². The van der Waals surface area contributed by atoms with E-state index in [-0.39, 0.29) is 11.8 Å². The second-order valence-corrected chi connectivity index (χ2v) is 6.34. The van der Waals surface area contributed by atoms with Crippen LogP contribution in [0.15, 0.2) is 47.0 Å². The largest absolute Gasteiger partial charge is 0.426 e. The Bertz CT molecular complexity index is 860. The van der Waals surface area contributed by atoms with Gasteiger partial charge in [0.1, 0.15) is 17.3 Å². The number of fused-ring (bicyclic) bond motifs is 1. The van der Waals surface area contributed by atoms with E-state index in [1.807, 2.05) is 0 Å². The van der Waals surface area contributed by atoms with Crippen LogP contribution in [0.2, 0.25) is 0 Å². The maximum absolute atomic E-state index is 13.0. The number of aromatic nitrogens is 1. The van der Waals surface area contributed by atoms with Gasteiger partial charge in [-0.05, 0) is 57.2 Å². The molecule has 0 atom stereocenters. The van der Waals surface area contributed by atoms with Crippen LogP contribution < -0.4 is 4.74 Å². The molecule has 0 aliphatic carbocycles. The van der Waals surface area contributed by atoms with E-state index < -0.39 is 5.41 Å². The number of hydrogen-bond acceptors (Lipinski definition) is 4. The number of hydrogen-bond donors (Lipinski definition) is 0. The maximum Gasteiger partial charge on any atom is 0.316 e.